The second-order valence-corrected chi connectivity index (χ2v) is 9.94. The summed E-state index contributed by atoms with van der Waals surface area (Å²) in [6, 6.07) is 18.2. The van der Waals surface area contributed by atoms with Crippen molar-refractivity contribution in [2.24, 2.45) is 0 Å². The Kier molecular flexibility index (Phi) is 12.8. The predicted octanol–water partition coefficient (Wildman–Crippen LogP) is 7.30. The molecule has 4 heteroatoms. The highest BCUT2D eigenvalue weighted by atomic mass is 16.7. The molecule has 188 valence electrons. The Labute approximate surface area is 207 Å². The molecule has 0 spiro atoms. The fraction of sp³-hybridized carbons (Fsp3) is 0.567. The topological polar surface area (TPSA) is 35.5 Å². The Morgan fingerprint density at radius 3 is 2.15 bits per heavy atom. The first-order chi connectivity index (χ1) is 16.5. The molecule has 0 amide bonds. The summed E-state index contributed by atoms with van der Waals surface area (Å²) < 4.78 is 11.9. The number of carbonyl (C=O) groups excluding carboxylic acids is 1. The number of esters is 1. The van der Waals surface area contributed by atoms with Gasteiger partial charge in [-0.15, -0.1) is 0 Å². The van der Waals surface area contributed by atoms with Crippen LogP contribution < -0.4 is 4.74 Å². The Morgan fingerprint density at radius 1 is 0.824 bits per heavy atom. The number of rotatable bonds is 17. The lowest BCUT2D eigenvalue weighted by Crippen LogP contribution is -2.52. The van der Waals surface area contributed by atoms with Gasteiger partial charge in [0.05, 0.1) is 14.1 Å². The van der Waals surface area contributed by atoms with E-state index in [1.807, 2.05) is 37.3 Å². The molecular weight excluding hydrogens is 422 g/mol. The molecule has 0 aromatic heterocycles. The summed E-state index contributed by atoms with van der Waals surface area (Å²) in [5, 5.41) is 0. The third-order valence-electron chi connectivity index (χ3n) is 6.58. The lowest BCUT2D eigenvalue weighted by molar-refractivity contribution is -0.919. The van der Waals surface area contributed by atoms with Crippen LogP contribution in [0, 0.1) is 0 Å². The second-order valence-electron chi connectivity index (χ2n) is 9.94. The number of benzene rings is 2. The molecule has 0 saturated carbocycles. The molecule has 0 N–H and O–H groups in total. The first-order valence-corrected chi connectivity index (χ1v) is 13.2. The third kappa shape index (κ3) is 10.3. The minimum atomic E-state index is -0.239. The van der Waals surface area contributed by atoms with Crippen molar-refractivity contribution in [3.8, 4) is 5.75 Å². The SMILES string of the molecule is CCCCCCCCCCc1cccc(OCOC(=O)C(CC)[N+](C)(C)Cc2ccccc2)c1. The molecule has 0 radical (unpaired) electrons. The number of likely N-dealkylation sites (N-methyl/N-ethyl adjacent to an activating group) is 1. The lowest BCUT2D eigenvalue weighted by Gasteiger charge is -2.36. The van der Waals surface area contributed by atoms with Gasteiger partial charge >= 0.3 is 5.97 Å². The van der Waals surface area contributed by atoms with Crippen molar-refractivity contribution in [3.63, 3.8) is 0 Å². The van der Waals surface area contributed by atoms with Gasteiger partial charge in [0.1, 0.15) is 12.3 Å². The van der Waals surface area contributed by atoms with Crippen LogP contribution in [0.2, 0.25) is 0 Å². The van der Waals surface area contributed by atoms with E-state index in [2.05, 4.69) is 45.3 Å². The van der Waals surface area contributed by atoms with Gasteiger partial charge in [-0.25, -0.2) is 4.79 Å². The summed E-state index contributed by atoms with van der Waals surface area (Å²) in [4.78, 5) is 12.8. The van der Waals surface area contributed by atoms with Gasteiger partial charge in [0.2, 0.25) is 6.79 Å². The molecule has 0 aliphatic carbocycles. The van der Waals surface area contributed by atoms with Gasteiger partial charge in [-0.3, -0.25) is 0 Å². The molecule has 0 aliphatic rings. The fourth-order valence-corrected chi connectivity index (χ4v) is 4.62. The van der Waals surface area contributed by atoms with Gasteiger partial charge in [-0.1, -0.05) is 101 Å². The number of quaternary nitrogens is 1. The highest BCUT2D eigenvalue weighted by Gasteiger charge is 2.35. The van der Waals surface area contributed by atoms with E-state index in [0.29, 0.717) is 10.9 Å². The van der Waals surface area contributed by atoms with Gasteiger partial charge in [0, 0.05) is 12.0 Å². The molecule has 2 aromatic rings. The van der Waals surface area contributed by atoms with Crippen molar-refractivity contribution in [1.29, 1.82) is 0 Å². The van der Waals surface area contributed by atoms with E-state index in [1.54, 1.807) is 0 Å². The van der Waals surface area contributed by atoms with Crippen molar-refractivity contribution < 1.29 is 18.8 Å². The van der Waals surface area contributed by atoms with Crippen molar-refractivity contribution in [1.82, 2.24) is 0 Å². The highest BCUT2D eigenvalue weighted by Crippen LogP contribution is 2.19. The molecule has 0 fully saturated rings. The van der Waals surface area contributed by atoms with Crippen molar-refractivity contribution in [3.05, 3.63) is 65.7 Å². The lowest BCUT2D eigenvalue weighted by atomic mass is 10.0. The third-order valence-corrected chi connectivity index (χ3v) is 6.58. The summed E-state index contributed by atoms with van der Waals surface area (Å²) in [7, 11) is 4.16. The predicted molar refractivity (Wildman–Crippen MR) is 141 cm³/mol. The summed E-state index contributed by atoms with van der Waals surface area (Å²) in [5.41, 5.74) is 2.49. The monoisotopic (exact) mass is 468 g/mol. The second kappa shape index (κ2) is 15.5. The van der Waals surface area contributed by atoms with Crippen LogP contribution in [0.3, 0.4) is 0 Å². The number of nitrogens with zero attached hydrogens (tertiary/aromatic N) is 1. The normalized spacial score (nSPS) is 12.4. The minimum Gasteiger partial charge on any atom is -0.457 e. The molecule has 0 bridgehead atoms. The number of aryl methyl sites for hydroxylation is 1. The Morgan fingerprint density at radius 2 is 1.47 bits per heavy atom. The number of hydrogen-bond donors (Lipinski definition) is 0. The van der Waals surface area contributed by atoms with E-state index in [4.69, 9.17) is 9.47 Å². The average molecular weight is 469 g/mol. The van der Waals surface area contributed by atoms with Crippen LogP contribution in [0.4, 0.5) is 0 Å². The van der Waals surface area contributed by atoms with Crippen LogP contribution in [0.1, 0.15) is 82.8 Å². The smallest absolute Gasteiger partial charge is 0.367 e. The summed E-state index contributed by atoms with van der Waals surface area (Å²) in [6.07, 6.45) is 12.4. The molecule has 2 aromatic carbocycles. The molecule has 4 nitrogen and oxygen atoms in total. The van der Waals surface area contributed by atoms with Crippen LogP contribution in [-0.2, 0) is 22.5 Å². The highest BCUT2D eigenvalue weighted by molar-refractivity contribution is 5.74. The van der Waals surface area contributed by atoms with Gasteiger partial charge in [0.25, 0.3) is 0 Å². The molecule has 0 saturated heterocycles. The van der Waals surface area contributed by atoms with E-state index in [9.17, 15) is 4.79 Å². The first kappa shape index (κ1) is 27.9. The van der Waals surface area contributed by atoms with E-state index in [0.717, 1.165) is 18.7 Å². The zero-order valence-electron chi connectivity index (χ0n) is 21.9. The van der Waals surface area contributed by atoms with Crippen molar-refractivity contribution in [2.75, 3.05) is 20.9 Å². The van der Waals surface area contributed by atoms with Gasteiger partial charge in [0.15, 0.2) is 6.04 Å². The van der Waals surface area contributed by atoms with Crippen LogP contribution >= 0.6 is 0 Å². The molecule has 2 rings (SSSR count). The summed E-state index contributed by atoms with van der Waals surface area (Å²) >= 11 is 0. The first-order valence-electron chi connectivity index (χ1n) is 13.2. The summed E-state index contributed by atoms with van der Waals surface area (Å²) in [5.74, 6) is 0.550. The Balaban J connectivity index is 1.73. The number of carbonyl (C=O) groups is 1. The maximum Gasteiger partial charge on any atom is 0.367 e. The molecule has 0 heterocycles. The summed E-state index contributed by atoms with van der Waals surface area (Å²) in [6.45, 7) is 5.02. The van der Waals surface area contributed by atoms with Crippen LogP contribution in [0.15, 0.2) is 54.6 Å². The zero-order valence-corrected chi connectivity index (χ0v) is 21.9. The van der Waals surface area contributed by atoms with E-state index < -0.39 is 0 Å². The molecule has 1 atom stereocenters. The van der Waals surface area contributed by atoms with Gasteiger partial charge < -0.3 is 14.0 Å². The minimum absolute atomic E-state index is 0.0537. The van der Waals surface area contributed by atoms with Crippen LogP contribution in [0.5, 0.6) is 5.75 Å². The maximum absolute atomic E-state index is 12.8. The zero-order chi connectivity index (χ0) is 24.7. The Hall–Kier alpha value is -2.33. The molecule has 34 heavy (non-hydrogen) atoms. The molecular formula is C30H46NO3+. The van der Waals surface area contributed by atoms with E-state index in [-0.39, 0.29) is 18.8 Å². The van der Waals surface area contributed by atoms with Crippen LogP contribution in [-0.4, -0.2) is 37.4 Å². The largest absolute Gasteiger partial charge is 0.457 e. The quantitative estimate of drug-likeness (QED) is 0.106. The van der Waals surface area contributed by atoms with Gasteiger partial charge in [-0.2, -0.15) is 0 Å². The number of ether oxygens (including phenoxy) is 2. The average Bonchev–Trinajstić information content (AvgIpc) is 2.81. The van der Waals surface area contributed by atoms with E-state index in [1.165, 1.54) is 62.5 Å². The number of hydrogen-bond acceptors (Lipinski definition) is 3. The van der Waals surface area contributed by atoms with Crippen LogP contribution in [0.25, 0.3) is 0 Å². The Bertz CT molecular complexity index is 819. The van der Waals surface area contributed by atoms with Gasteiger partial charge in [-0.05, 0) is 30.5 Å². The maximum atomic E-state index is 12.8. The van der Waals surface area contributed by atoms with Crippen molar-refractivity contribution in [2.45, 2.75) is 90.6 Å². The fourth-order valence-electron chi connectivity index (χ4n) is 4.62. The standard InChI is InChI=1S/C30H46NO3/c1-5-7-8-9-10-11-12-14-18-26-21-17-22-28(23-26)33-25-34-30(32)29(6-2)31(3,4)24-27-19-15-13-16-20-27/h13,15-17,19-23,29H,5-12,14,18,24-25H2,1-4H3/q+1. The van der Waals surface area contributed by atoms with Crippen molar-refractivity contribution >= 4 is 5.97 Å². The molecule has 0 aliphatic heterocycles. The molecule has 1 unspecified atom stereocenters. The number of unbranched alkanes of at least 4 members (excludes halogenated alkanes) is 7. The van der Waals surface area contributed by atoms with E-state index >= 15 is 0 Å².